The third-order valence-corrected chi connectivity index (χ3v) is 5.49. The van der Waals surface area contributed by atoms with Crippen molar-refractivity contribution in [3.63, 3.8) is 0 Å². The maximum absolute atomic E-state index is 12.9. The van der Waals surface area contributed by atoms with Crippen LogP contribution in [0.3, 0.4) is 0 Å². The number of phenolic OH excluding ortho intramolecular Hbond substituents is 2. The highest BCUT2D eigenvalue weighted by atomic mass is 16.6. The molecule has 8 nitrogen and oxygen atoms in total. The molecule has 0 amide bonds. The van der Waals surface area contributed by atoms with Crippen molar-refractivity contribution >= 4 is 18.2 Å². The lowest BCUT2D eigenvalue weighted by Crippen LogP contribution is -2.33. The van der Waals surface area contributed by atoms with E-state index in [2.05, 4.69) is 0 Å². The largest absolute Gasteiger partial charge is 0.508 e. The van der Waals surface area contributed by atoms with E-state index in [1.807, 2.05) is 0 Å². The van der Waals surface area contributed by atoms with Crippen molar-refractivity contribution in [3.05, 3.63) is 81.9 Å². The summed E-state index contributed by atoms with van der Waals surface area (Å²) in [6.45, 7) is 0. The lowest BCUT2D eigenvalue weighted by molar-refractivity contribution is 0.0224. The Labute approximate surface area is 174 Å². The molecule has 2 aliphatic rings. The number of carboxylic acids is 1. The third-order valence-electron chi connectivity index (χ3n) is 5.49. The van der Waals surface area contributed by atoms with Gasteiger partial charge in [-0.15, -0.1) is 0 Å². The van der Waals surface area contributed by atoms with Crippen LogP contribution in [0.2, 0.25) is 0 Å². The molecule has 2 heterocycles. The molecule has 0 saturated carbocycles. The highest BCUT2D eigenvalue weighted by molar-refractivity contribution is 6.00. The van der Waals surface area contributed by atoms with Gasteiger partial charge in [0.25, 0.3) is 0 Å². The van der Waals surface area contributed by atoms with Gasteiger partial charge in [-0.05, 0) is 42.0 Å². The number of phenols is 2. The van der Waals surface area contributed by atoms with Gasteiger partial charge in [0, 0.05) is 35.2 Å². The number of ether oxygens (including phenoxy) is 2. The second-order valence-corrected chi connectivity index (χ2v) is 7.21. The minimum absolute atomic E-state index is 0.0925. The fourth-order valence-corrected chi connectivity index (χ4v) is 4.21. The second kappa shape index (κ2) is 6.33. The molecule has 0 saturated heterocycles. The third kappa shape index (κ3) is 2.51. The Morgan fingerprint density at radius 1 is 0.935 bits per heavy atom. The van der Waals surface area contributed by atoms with Crippen LogP contribution >= 0.6 is 0 Å². The van der Waals surface area contributed by atoms with E-state index in [0.717, 1.165) is 0 Å². The molecule has 0 atom stereocenters. The Bertz CT molecular complexity index is 1260. The summed E-state index contributed by atoms with van der Waals surface area (Å²) in [5.74, 6) is -1.80. The molecule has 0 bridgehead atoms. The first-order valence-corrected chi connectivity index (χ1v) is 9.19. The normalized spacial score (nSPS) is 14.8. The summed E-state index contributed by atoms with van der Waals surface area (Å²) >= 11 is 0. The number of hydrogen-bond acceptors (Lipinski definition) is 7. The van der Waals surface area contributed by atoms with Gasteiger partial charge in [0.2, 0.25) is 6.29 Å². The van der Waals surface area contributed by atoms with E-state index >= 15 is 0 Å². The van der Waals surface area contributed by atoms with Gasteiger partial charge in [-0.1, -0.05) is 0 Å². The molecule has 3 N–H and O–H groups in total. The smallest absolute Gasteiger partial charge is 0.340 e. The number of aromatic hydroxyl groups is 2. The van der Waals surface area contributed by atoms with Crippen LogP contribution in [-0.2, 0) is 21.6 Å². The first-order chi connectivity index (χ1) is 14.8. The van der Waals surface area contributed by atoms with Crippen LogP contribution in [0.5, 0.6) is 23.0 Å². The summed E-state index contributed by atoms with van der Waals surface area (Å²) < 4.78 is 11.7. The minimum Gasteiger partial charge on any atom is -0.508 e. The molecular weight excluding hydrogens is 404 g/mol. The zero-order valence-corrected chi connectivity index (χ0v) is 15.7. The number of rotatable bonds is 3. The van der Waals surface area contributed by atoms with Crippen LogP contribution in [0.1, 0.15) is 43.0 Å². The number of carboxylic acid groups (broad SMARTS) is 1. The highest BCUT2D eigenvalue weighted by Gasteiger charge is 2.54. The summed E-state index contributed by atoms with van der Waals surface area (Å²) in [5, 5.41) is 29.6. The molecule has 3 aromatic rings. The summed E-state index contributed by atoms with van der Waals surface area (Å²) in [6, 6.07) is 11.2. The molecule has 0 fully saturated rings. The van der Waals surface area contributed by atoms with Crippen LogP contribution in [0, 0.1) is 0 Å². The van der Waals surface area contributed by atoms with E-state index in [0.29, 0.717) is 11.1 Å². The van der Waals surface area contributed by atoms with Gasteiger partial charge >= 0.3 is 11.9 Å². The predicted molar refractivity (Wildman–Crippen MR) is 104 cm³/mol. The van der Waals surface area contributed by atoms with Gasteiger partial charge in [0.05, 0.1) is 11.1 Å². The summed E-state index contributed by atoms with van der Waals surface area (Å²) in [5.41, 5.74) is -0.471. The van der Waals surface area contributed by atoms with Gasteiger partial charge in [-0.25, -0.2) is 9.59 Å². The second-order valence-electron chi connectivity index (χ2n) is 7.21. The van der Waals surface area contributed by atoms with E-state index in [4.69, 9.17) is 9.47 Å². The molecule has 0 unspecified atom stereocenters. The van der Waals surface area contributed by atoms with Gasteiger partial charge in [0.1, 0.15) is 23.0 Å². The van der Waals surface area contributed by atoms with Gasteiger partial charge in [-0.2, -0.15) is 0 Å². The topological polar surface area (TPSA) is 130 Å². The maximum Gasteiger partial charge on any atom is 0.340 e. The Morgan fingerprint density at radius 2 is 1.55 bits per heavy atom. The summed E-state index contributed by atoms with van der Waals surface area (Å²) in [6.07, 6.45) is 1.36. The van der Waals surface area contributed by atoms with Gasteiger partial charge < -0.3 is 24.8 Å². The molecule has 153 valence electrons. The molecule has 0 aliphatic carbocycles. The Balaban J connectivity index is 1.89. The van der Waals surface area contributed by atoms with E-state index in [-0.39, 0.29) is 51.7 Å². The zero-order valence-electron chi connectivity index (χ0n) is 15.7. The lowest BCUT2D eigenvalue weighted by atomic mass is 9.76. The molecule has 1 radical (unpaired) electrons. The molecule has 2 aliphatic heterocycles. The number of carbonyl (C=O) groups excluding carboxylic acids is 2. The zero-order chi connectivity index (χ0) is 21.9. The van der Waals surface area contributed by atoms with Crippen molar-refractivity contribution in [2.24, 2.45) is 0 Å². The molecular formula is C23H13O8. The monoisotopic (exact) mass is 417 g/mol. The van der Waals surface area contributed by atoms with Crippen LogP contribution < -0.4 is 4.74 Å². The van der Waals surface area contributed by atoms with E-state index in [1.165, 1.54) is 48.5 Å². The average molecular weight is 417 g/mol. The van der Waals surface area contributed by atoms with E-state index in [9.17, 15) is 29.7 Å². The standard InChI is InChI=1S/C23H13O8/c24-6-5-11-7-15-18(10-14(11)21(27)28)23(31-22(15)29)16-3-1-12(25)8-19(16)30-20-9-13(26)2-4-17(20)23/h1-4,7-10,25-26H,5H2,(H,27,28). The quantitative estimate of drug-likeness (QED) is 0.555. The van der Waals surface area contributed by atoms with E-state index < -0.39 is 17.5 Å². The van der Waals surface area contributed by atoms with Crippen LogP contribution in [0.25, 0.3) is 0 Å². The first kappa shape index (κ1) is 18.7. The summed E-state index contributed by atoms with van der Waals surface area (Å²) in [7, 11) is 0. The molecule has 3 aromatic carbocycles. The molecule has 8 heteroatoms. The Hall–Kier alpha value is -4.33. The highest BCUT2D eigenvalue weighted by Crippen LogP contribution is 2.57. The van der Waals surface area contributed by atoms with Gasteiger partial charge in [0.15, 0.2) is 5.60 Å². The van der Waals surface area contributed by atoms with Crippen molar-refractivity contribution in [3.8, 4) is 23.0 Å². The molecule has 5 rings (SSSR count). The Kier molecular flexibility index (Phi) is 3.82. The molecule has 31 heavy (non-hydrogen) atoms. The van der Waals surface area contributed by atoms with Crippen LogP contribution in [-0.4, -0.2) is 33.5 Å². The number of fused-ring (bicyclic) bond motifs is 6. The van der Waals surface area contributed by atoms with Crippen molar-refractivity contribution in [2.75, 3.05) is 0 Å². The predicted octanol–water partition coefficient (Wildman–Crippen LogP) is 3.02. The first-order valence-electron chi connectivity index (χ1n) is 9.19. The SMILES string of the molecule is O=[C]Cc1cc2c(cc1C(=O)O)C1(OC2=O)c2ccc(O)cc2Oc2cc(O)ccc21. The Morgan fingerprint density at radius 3 is 2.10 bits per heavy atom. The van der Waals surface area contributed by atoms with Crippen molar-refractivity contribution in [1.29, 1.82) is 0 Å². The number of benzene rings is 3. The van der Waals surface area contributed by atoms with Crippen molar-refractivity contribution < 1.29 is 39.2 Å². The number of carbonyl (C=O) groups is 2. The molecule has 0 aromatic heterocycles. The van der Waals surface area contributed by atoms with E-state index in [1.54, 1.807) is 6.29 Å². The molecule has 1 spiro atoms. The van der Waals surface area contributed by atoms with Crippen molar-refractivity contribution in [1.82, 2.24) is 0 Å². The lowest BCUT2D eigenvalue weighted by Gasteiger charge is -2.36. The maximum atomic E-state index is 12.9. The number of esters is 1. The fraction of sp³-hybridized carbons (Fsp3) is 0.0870. The van der Waals surface area contributed by atoms with Crippen LogP contribution in [0.4, 0.5) is 0 Å². The number of aromatic carboxylic acids is 1. The van der Waals surface area contributed by atoms with Gasteiger partial charge in [-0.3, -0.25) is 4.79 Å². The fourth-order valence-electron chi connectivity index (χ4n) is 4.21. The minimum atomic E-state index is -1.57. The van der Waals surface area contributed by atoms with Crippen molar-refractivity contribution in [2.45, 2.75) is 12.0 Å². The van der Waals surface area contributed by atoms with Crippen LogP contribution in [0.15, 0.2) is 48.5 Å². The average Bonchev–Trinajstić information content (AvgIpc) is 2.99. The summed E-state index contributed by atoms with van der Waals surface area (Å²) in [4.78, 5) is 35.7. The number of hydrogen-bond donors (Lipinski definition) is 3.